The number of nitrogens with zero attached hydrogens (tertiary/aromatic N) is 1. The molecule has 9 aromatic rings. The summed E-state index contributed by atoms with van der Waals surface area (Å²) in [6.07, 6.45) is 0. The van der Waals surface area contributed by atoms with E-state index < -0.39 is 0 Å². The largest absolute Gasteiger partial charge is 0.310 e. The summed E-state index contributed by atoms with van der Waals surface area (Å²) in [4.78, 5) is 2.43. The van der Waals surface area contributed by atoms with Gasteiger partial charge in [0.15, 0.2) is 0 Å². The lowest BCUT2D eigenvalue weighted by Gasteiger charge is -2.30. The van der Waals surface area contributed by atoms with Crippen LogP contribution >= 0.6 is 0 Å². The molecule has 0 aliphatic heterocycles. The normalized spacial score (nSPS) is 11.0. The van der Waals surface area contributed by atoms with E-state index in [1.54, 1.807) is 0 Å². The van der Waals surface area contributed by atoms with Crippen molar-refractivity contribution in [2.45, 2.75) is 0 Å². The van der Waals surface area contributed by atoms with Gasteiger partial charge >= 0.3 is 0 Å². The molecule has 9 rings (SSSR count). The van der Waals surface area contributed by atoms with Crippen molar-refractivity contribution >= 4 is 27.8 Å². The molecule has 53 heavy (non-hydrogen) atoms. The smallest absolute Gasteiger partial charge is 0.0546 e. The highest BCUT2D eigenvalue weighted by atomic mass is 15.1. The van der Waals surface area contributed by atoms with Crippen LogP contribution in [-0.2, 0) is 0 Å². The SMILES string of the molecule is c1ccc(-c2ccc(-c3ccc(N(c4ccc5ccccc5c4)c4cccc(-c5ccccc5)c4-c4ccccc4-c4ccccc4)cc3)cc2)cc1. The summed E-state index contributed by atoms with van der Waals surface area (Å²) in [5.41, 5.74) is 15.3. The van der Waals surface area contributed by atoms with Crippen LogP contribution in [0.3, 0.4) is 0 Å². The predicted molar refractivity (Wildman–Crippen MR) is 226 cm³/mol. The van der Waals surface area contributed by atoms with Crippen LogP contribution in [0.4, 0.5) is 17.1 Å². The number of rotatable bonds is 8. The van der Waals surface area contributed by atoms with Gasteiger partial charge in [-0.15, -0.1) is 0 Å². The second-order valence-corrected chi connectivity index (χ2v) is 13.3. The molecular weight excluding hydrogens is 639 g/mol. The summed E-state index contributed by atoms with van der Waals surface area (Å²) in [7, 11) is 0. The first-order valence-corrected chi connectivity index (χ1v) is 18.2. The van der Waals surface area contributed by atoms with Crippen molar-refractivity contribution in [3.8, 4) is 55.6 Å². The molecule has 0 unspecified atom stereocenters. The van der Waals surface area contributed by atoms with Crippen LogP contribution in [0.2, 0.25) is 0 Å². The molecule has 0 bridgehead atoms. The van der Waals surface area contributed by atoms with Gasteiger partial charge in [-0.2, -0.15) is 0 Å². The third kappa shape index (κ3) is 6.42. The van der Waals surface area contributed by atoms with Gasteiger partial charge in [0.05, 0.1) is 5.69 Å². The van der Waals surface area contributed by atoms with E-state index in [1.807, 2.05) is 0 Å². The fraction of sp³-hybridized carbons (Fsp3) is 0. The molecule has 0 radical (unpaired) electrons. The summed E-state index contributed by atoms with van der Waals surface area (Å²) < 4.78 is 0. The first-order chi connectivity index (χ1) is 26.3. The number of hydrogen-bond donors (Lipinski definition) is 0. The minimum atomic E-state index is 1.09. The van der Waals surface area contributed by atoms with Crippen molar-refractivity contribution in [1.82, 2.24) is 0 Å². The summed E-state index contributed by atoms with van der Waals surface area (Å²) in [5, 5.41) is 2.42. The molecule has 0 aliphatic rings. The molecule has 0 aliphatic carbocycles. The zero-order valence-corrected chi connectivity index (χ0v) is 29.3. The lowest BCUT2D eigenvalue weighted by atomic mass is 9.87. The van der Waals surface area contributed by atoms with Crippen LogP contribution in [0.15, 0.2) is 224 Å². The Labute approximate surface area is 311 Å². The topological polar surface area (TPSA) is 3.24 Å². The van der Waals surface area contributed by atoms with Gasteiger partial charge in [-0.3, -0.25) is 0 Å². The number of hydrogen-bond acceptors (Lipinski definition) is 1. The van der Waals surface area contributed by atoms with Crippen molar-refractivity contribution in [1.29, 1.82) is 0 Å². The first-order valence-electron chi connectivity index (χ1n) is 18.2. The zero-order valence-electron chi connectivity index (χ0n) is 29.3. The molecule has 0 aromatic heterocycles. The van der Waals surface area contributed by atoms with Gasteiger partial charge < -0.3 is 4.90 Å². The van der Waals surface area contributed by atoms with Crippen molar-refractivity contribution in [2.75, 3.05) is 4.90 Å². The molecule has 0 N–H and O–H groups in total. The molecule has 9 aromatic carbocycles. The Morgan fingerprint density at radius 2 is 0.679 bits per heavy atom. The number of anilines is 3. The van der Waals surface area contributed by atoms with Crippen LogP contribution in [-0.4, -0.2) is 0 Å². The van der Waals surface area contributed by atoms with E-state index in [0.717, 1.165) is 17.1 Å². The van der Waals surface area contributed by atoms with Crippen molar-refractivity contribution in [3.63, 3.8) is 0 Å². The first kappa shape index (κ1) is 32.0. The standard InChI is InChI=1S/C52H37N/c1-4-15-38(16-5-1)40-27-29-41(30-28-40)42-31-34-46(35-32-42)53(47-36-33-39-17-10-11-22-45(39)37-47)51-26-14-25-49(44-20-8-3-9-21-44)52(51)50-24-13-12-23-48(50)43-18-6-2-7-19-43/h1-37H. The highest BCUT2D eigenvalue weighted by Gasteiger charge is 2.23. The van der Waals surface area contributed by atoms with E-state index >= 15 is 0 Å². The van der Waals surface area contributed by atoms with Crippen LogP contribution in [0, 0.1) is 0 Å². The van der Waals surface area contributed by atoms with Gasteiger partial charge in [-0.05, 0) is 91.2 Å². The minimum Gasteiger partial charge on any atom is -0.310 e. The third-order valence-electron chi connectivity index (χ3n) is 10.1. The zero-order chi connectivity index (χ0) is 35.4. The molecule has 0 heterocycles. The Bertz CT molecular complexity index is 2630. The second kappa shape index (κ2) is 14.3. The van der Waals surface area contributed by atoms with Gasteiger partial charge in [-0.1, -0.05) is 194 Å². The van der Waals surface area contributed by atoms with E-state index in [1.165, 1.54) is 66.4 Å². The Hall–Kier alpha value is -6.96. The van der Waals surface area contributed by atoms with Crippen LogP contribution in [0.5, 0.6) is 0 Å². The Kier molecular flexibility index (Phi) is 8.66. The summed E-state index contributed by atoms with van der Waals surface area (Å²) in [6, 6.07) is 80.9. The maximum Gasteiger partial charge on any atom is 0.0546 e. The molecular formula is C52H37N. The van der Waals surface area contributed by atoms with E-state index in [0.29, 0.717) is 0 Å². The third-order valence-corrected chi connectivity index (χ3v) is 10.1. The molecule has 0 saturated heterocycles. The number of fused-ring (bicyclic) bond motifs is 1. The van der Waals surface area contributed by atoms with Crippen LogP contribution in [0.25, 0.3) is 66.4 Å². The molecule has 1 heteroatoms. The Balaban J connectivity index is 1.24. The molecule has 0 saturated carbocycles. The van der Waals surface area contributed by atoms with Crippen LogP contribution in [0.1, 0.15) is 0 Å². The average Bonchev–Trinajstić information content (AvgIpc) is 3.25. The molecule has 0 atom stereocenters. The van der Waals surface area contributed by atoms with Gasteiger partial charge in [0.1, 0.15) is 0 Å². The van der Waals surface area contributed by atoms with E-state index in [-0.39, 0.29) is 0 Å². The monoisotopic (exact) mass is 675 g/mol. The average molecular weight is 676 g/mol. The lowest BCUT2D eigenvalue weighted by Crippen LogP contribution is -2.12. The molecule has 250 valence electrons. The second-order valence-electron chi connectivity index (χ2n) is 13.3. The van der Waals surface area contributed by atoms with Crippen LogP contribution < -0.4 is 4.90 Å². The molecule has 0 spiro atoms. The maximum absolute atomic E-state index is 2.43. The van der Waals surface area contributed by atoms with Crippen molar-refractivity contribution < 1.29 is 0 Å². The fourth-order valence-corrected chi connectivity index (χ4v) is 7.47. The summed E-state index contributed by atoms with van der Waals surface area (Å²) in [5.74, 6) is 0. The highest BCUT2D eigenvalue weighted by molar-refractivity contribution is 6.02. The highest BCUT2D eigenvalue weighted by Crippen LogP contribution is 2.48. The summed E-state index contributed by atoms with van der Waals surface area (Å²) in [6.45, 7) is 0. The lowest BCUT2D eigenvalue weighted by molar-refractivity contribution is 1.29. The molecule has 0 amide bonds. The fourth-order valence-electron chi connectivity index (χ4n) is 7.47. The predicted octanol–water partition coefficient (Wildman–Crippen LogP) is 14.6. The van der Waals surface area contributed by atoms with E-state index in [9.17, 15) is 0 Å². The van der Waals surface area contributed by atoms with Crippen molar-refractivity contribution in [2.24, 2.45) is 0 Å². The van der Waals surface area contributed by atoms with Crippen molar-refractivity contribution in [3.05, 3.63) is 224 Å². The van der Waals surface area contributed by atoms with Gasteiger partial charge in [0.2, 0.25) is 0 Å². The van der Waals surface area contributed by atoms with Gasteiger partial charge in [0, 0.05) is 16.9 Å². The minimum absolute atomic E-state index is 1.09. The number of benzene rings is 9. The van der Waals surface area contributed by atoms with Gasteiger partial charge in [0.25, 0.3) is 0 Å². The summed E-state index contributed by atoms with van der Waals surface area (Å²) >= 11 is 0. The maximum atomic E-state index is 2.43. The molecule has 0 fully saturated rings. The van der Waals surface area contributed by atoms with E-state index in [2.05, 4.69) is 229 Å². The Morgan fingerprint density at radius 1 is 0.245 bits per heavy atom. The molecule has 1 nitrogen and oxygen atoms in total. The van der Waals surface area contributed by atoms with Gasteiger partial charge in [-0.25, -0.2) is 0 Å². The quantitative estimate of drug-likeness (QED) is 0.155. The Morgan fingerprint density at radius 3 is 1.30 bits per heavy atom. The van der Waals surface area contributed by atoms with E-state index in [4.69, 9.17) is 0 Å².